The summed E-state index contributed by atoms with van der Waals surface area (Å²) in [5, 5.41) is 2.89. The van der Waals surface area contributed by atoms with Crippen LogP contribution in [0, 0.1) is 56.4 Å². The number of hydrogen-bond donors (Lipinski definition) is 0. The molecule has 0 nitrogen and oxygen atoms in total. The Morgan fingerprint density at radius 1 is 0.808 bits per heavy atom. The number of hydrogen-bond acceptors (Lipinski definition) is 0. The molecule has 3 aromatic carbocycles. The van der Waals surface area contributed by atoms with Gasteiger partial charge in [-0.15, -0.1) is 28.5 Å². The molecule has 3 aromatic rings. The summed E-state index contributed by atoms with van der Waals surface area (Å²) in [6, 6.07) is 9.24. The van der Waals surface area contributed by atoms with E-state index in [1.807, 2.05) is 0 Å². The molecule has 0 bridgehead atoms. The minimum Gasteiger partial charge on any atom is -0.358 e. The van der Waals surface area contributed by atoms with Crippen LogP contribution >= 0.6 is 0 Å². The van der Waals surface area contributed by atoms with Gasteiger partial charge in [0.2, 0.25) is 0 Å². The second kappa shape index (κ2) is 9.84. The molecule has 0 atom stereocenters. The molecule has 0 saturated carbocycles. The molecule has 4 rings (SSSR count). The molecular weight excluding hydrogens is 391 g/mol. The topological polar surface area (TPSA) is 0 Å². The van der Waals surface area contributed by atoms with Gasteiger partial charge in [0.05, 0.1) is 0 Å². The molecule has 0 unspecified atom stereocenters. The number of rotatable bonds is 0. The summed E-state index contributed by atoms with van der Waals surface area (Å²) in [5.41, 5.74) is 11.9. The van der Waals surface area contributed by atoms with E-state index in [2.05, 4.69) is 65.8 Å². The monoisotopic (exact) mass is 424 g/mol. The molecule has 0 radical (unpaired) electrons. The average molecular weight is 426 g/mol. The third kappa shape index (κ3) is 4.48. The minimum absolute atomic E-state index is 0. The van der Waals surface area contributed by atoms with E-state index < -0.39 is 0 Å². The van der Waals surface area contributed by atoms with E-state index in [-0.39, 0.29) is 41.1 Å². The molecule has 26 heavy (non-hydrogen) atoms. The molecule has 0 heterocycles. The third-order valence-corrected chi connectivity index (χ3v) is 6.01. The van der Waals surface area contributed by atoms with E-state index in [9.17, 15) is 0 Å². The van der Waals surface area contributed by atoms with E-state index >= 15 is 0 Å². The molecular formula is C25H34Zr. The molecule has 0 N–H and O–H groups in total. The van der Waals surface area contributed by atoms with E-state index in [1.54, 1.807) is 11.1 Å². The first-order valence-corrected chi connectivity index (χ1v) is 8.77. The zero-order valence-electron chi connectivity index (χ0n) is 17.9. The Labute approximate surface area is 180 Å². The summed E-state index contributed by atoms with van der Waals surface area (Å²) in [5.74, 6) is 0. The standard InChI is InChI=1S/C13H13.C10H15.2CH3.Zr/c1-9-5-6-12-7-10-3-2-4-11(10)8-13(9)12;1-6-7(2)9(4)10(5)8(6)3;;;/h5-8H,2-4H2,1H3;1-5H3;2*1H3;/q4*-1;+4. The summed E-state index contributed by atoms with van der Waals surface area (Å²) < 4.78 is 0. The molecule has 0 spiro atoms. The Morgan fingerprint density at radius 3 is 1.77 bits per heavy atom. The van der Waals surface area contributed by atoms with Crippen molar-refractivity contribution in [3.05, 3.63) is 83.6 Å². The molecule has 0 aromatic heterocycles. The fourth-order valence-corrected chi connectivity index (χ4v) is 3.83. The molecule has 0 aliphatic heterocycles. The SMILES string of the molecule is C[c-]1ccc2cc3c(cc21)CCC3.Cc1c(C)c(C)[c-](C)c1C.[CH3-].[CH3-].[Zr+4]. The molecule has 1 aliphatic rings. The van der Waals surface area contributed by atoms with Crippen LogP contribution in [0.1, 0.15) is 50.9 Å². The van der Waals surface area contributed by atoms with E-state index in [4.69, 9.17) is 0 Å². The molecule has 0 fully saturated rings. The summed E-state index contributed by atoms with van der Waals surface area (Å²) in [7, 11) is 0. The summed E-state index contributed by atoms with van der Waals surface area (Å²) >= 11 is 0. The van der Waals surface area contributed by atoms with Crippen molar-refractivity contribution in [3.63, 3.8) is 0 Å². The molecule has 1 heteroatoms. The number of benzene rings is 1. The molecule has 0 amide bonds. The maximum atomic E-state index is 2.40. The minimum atomic E-state index is 0. The maximum absolute atomic E-state index is 2.40. The van der Waals surface area contributed by atoms with Crippen LogP contribution in [0.4, 0.5) is 0 Å². The first-order valence-electron chi connectivity index (χ1n) is 8.77. The Bertz CT molecular complexity index is 778. The van der Waals surface area contributed by atoms with Gasteiger partial charge in [-0.2, -0.15) is 39.9 Å². The number of aryl methyl sites for hydroxylation is 3. The van der Waals surface area contributed by atoms with Crippen LogP contribution < -0.4 is 0 Å². The van der Waals surface area contributed by atoms with Crippen molar-refractivity contribution in [1.82, 2.24) is 0 Å². The van der Waals surface area contributed by atoms with E-state index in [0.717, 1.165) is 0 Å². The van der Waals surface area contributed by atoms with Crippen LogP contribution in [0.2, 0.25) is 0 Å². The van der Waals surface area contributed by atoms with E-state index in [0.29, 0.717) is 0 Å². The van der Waals surface area contributed by atoms with Crippen LogP contribution in [0.15, 0.2) is 24.3 Å². The van der Waals surface area contributed by atoms with Gasteiger partial charge in [-0.1, -0.05) is 52.7 Å². The first kappa shape index (κ1) is 25.1. The summed E-state index contributed by atoms with van der Waals surface area (Å²) in [6.45, 7) is 13.2. The van der Waals surface area contributed by atoms with Gasteiger partial charge in [-0.3, -0.25) is 0 Å². The van der Waals surface area contributed by atoms with Gasteiger partial charge in [-0.05, 0) is 19.3 Å². The van der Waals surface area contributed by atoms with Crippen LogP contribution in [0.25, 0.3) is 10.8 Å². The first-order chi connectivity index (χ1) is 10.9. The quantitative estimate of drug-likeness (QED) is 0.334. The Hall–Kier alpha value is -0.937. The third-order valence-electron chi connectivity index (χ3n) is 6.01. The summed E-state index contributed by atoms with van der Waals surface area (Å²) in [4.78, 5) is 0. The second-order valence-corrected chi connectivity index (χ2v) is 7.20. The largest absolute Gasteiger partial charge is 4.00 e. The zero-order valence-corrected chi connectivity index (χ0v) is 20.4. The summed E-state index contributed by atoms with van der Waals surface area (Å²) in [6.07, 6.45) is 3.92. The van der Waals surface area contributed by atoms with Gasteiger partial charge >= 0.3 is 26.2 Å². The van der Waals surface area contributed by atoms with Crippen LogP contribution in [0.3, 0.4) is 0 Å². The van der Waals surface area contributed by atoms with Crippen molar-refractivity contribution < 1.29 is 26.2 Å². The van der Waals surface area contributed by atoms with Crippen LogP contribution in [-0.2, 0) is 39.0 Å². The average Bonchev–Trinajstić information content (AvgIpc) is 3.20. The van der Waals surface area contributed by atoms with Crippen molar-refractivity contribution in [2.45, 2.75) is 60.8 Å². The molecule has 138 valence electrons. The van der Waals surface area contributed by atoms with Crippen molar-refractivity contribution in [1.29, 1.82) is 0 Å². The molecule has 0 saturated heterocycles. The van der Waals surface area contributed by atoms with Gasteiger partial charge in [-0.25, -0.2) is 0 Å². The van der Waals surface area contributed by atoms with Gasteiger partial charge in [0, 0.05) is 0 Å². The Kier molecular flexibility index (Phi) is 9.49. The second-order valence-electron chi connectivity index (χ2n) is 7.20. The van der Waals surface area contributed by atoms with Crippen molar-refractivity contribution in [3.8, 4) is 0 Å². The van der Waals surface area contributed by atoms with Crippen molar-refractivity contribution >= 4 is 10.8 Å². The van der Waals surface area contributed by atoms with Gasteiger partial charge in [0.15, 0.2) is 0 Å². The maximum Gasteiger partial charge on any atom is 4.00 e. The predicted molar refractivity (Wildman–Crippen MR) is 115 cm³/mol. The van der Waals surface area contributed by atoms with Gasteiger partial charge in [0.25, 0.3) is 0 Å². The van der Waals surface area contributed by atoms with E-state index in [1.165, 1.54) is 63.4 Å². The fraction of sp³-hybridized carbons (Fsp3) is 0.360. The number of fused-ring (bicyclic) bond motifs is 2. The predicted octanol–water partition coefficient (Wildman–Crippen LogP) is 7.20. The van der Waals surface area contributed by atoms with Crippen LogP contribution in [-0.4, -0.2) is 0 Å². The fourth-order valence-electron chi connectivity index (χ4n) is 3.83. The molecule has 1 aliphatic carbocycles. The zero-order chi connectivity index (χ0) is 16.7. The van der Waals surface area contributed by atoms with Crippen LogP contribution in [0.5, 0.6) is 0 Å². The smallest absolute Gasteiger partial charge is 0.358 e. The van der Waals surface area contributed by atoms with Crippen molar-refractivity contribution in [2.24, 2.45) is 0 Å². The Morgan fingerprint density at radius 2 is 1.31 bits per heavy atom. The van der Waals surface area contributed by atoms with Crippen molar-refractivity contribution in [2.75, 3.05) is 0 Å². The normalized spacial score (nSPS) is 11.6. The van der Waals surface area contributed by atoms with Gasteiger partial charge in [0.1, 0.15) is 0 Å². The Balaban J connectivity index is 0.000000445. The van der Waals surface area contributed by atoms with Gasteiger partial charge < -0.3 is 14.9 Å².